The number of nitro benzene ring substituents is 1. The molecule has 196 valence electrons. The van der Waals surface area contributed by atoms with Crippen LogP contribution in [0.4, 0.5) is 11.4 Å². The first-order chi connectivity index (χ1) is 18.8. The molecule has 0 saturated carbocycles. The third-order valence-electron chi connectivity index (χ3n) is 6.20. The number of aromatic hydroxyl groups is 1. The van der Waals surface area contributed by atoms with Crippen LogP contribution in [0.2, 0.25) is 0 Å². The van der Waals surface area contributed by atoms with Crippen molar-refractivity contribution in [3.8, 4) is 11.5 Å². The number of carbonyl (C=O) groups is 1. The average molecular weight is 543 g/mol. The average Bonchev–Trinajstić information content (AvgIpc) is 3.23. The number of carbonyl (C=O) groups excluding carboxylic acids is 1. The number of rotatable bonds is 6. The third kappa shape index (κ3) is 4.94. The van der Waals surface area contributed by atoms with Crippen LogP contribution >= 0.6 is 11.3 Å². The second-order valence-corrected chi connectivity index (χ2v) is 9.69. The van der Waals surface area contributed by atoms with Gasteiger partial charge in [0.05, 0.1) is 33.9 Å². The molecule has 11 heteroatoms. The Bertz CT molecular complexity index is 1820. The zero-order valence-electron chi connectivity index (χ0n) is 20.8. The summed E-state index contributed by atoms with van der Waals surface area (Å²) in [6, 6.07) is 19.2. The van der Waals surface area contributed by atoms with Gasteiger partial charge < -0.3 is 15.2 Å². The van der Waals surface area contributed by atoms with E-state index in [1.807, 2.05) is 12.1 Å². The number of hydrogen-bond acceptors (Lipinski definition) is 8. The topological polar surface area (TPSA) is 136 Å². The smallest absolute Gasteiger partial charge is 0.311 e. The van der Waals surface area contributed by atoms with Crippen molar-refractivity contribution in [3.63, 3.8) is 0 Å². The highest BCUT2D eigenvalue weighted by Crippen LogP contribution is 2.32. The lowest BCUT2D eigenvalue weighted by Crippen LogP contribution is -2.40. The Hall–Kier alpha value is -5.03. The van der Waals surface area contributed by atoms with Gasteiger partial charge in [-0.2, -0.15) is 0 Å². The molecule has 0 aliphatic carbocycles. The molecule has 1 aromatic heterocycles. The molecular formula is C28H22N4O6S. The molecule has 1 amide bonds. The maximum Gasteiger partial charge on any atom is 0.311 e. The summed E-state index contributed by atoms with van der Waals surface area (Å²) in [5, 5.41) is 24.0. The Morgan fingerprint density at radius 1 is 1.15 bits per heavy atom. The Morgan fingerprint density at radius 3 is 2.64 bits per heavy atom. The van der Waals surface area contributed by atoms with E-state index in [1.165, 1.54) is 36.0 Å². The number of phenols is 1. The second-order valence-electron chi connectivity index (χ2n) is 8.68. The van der Waals surface area contributed by atoms with Crippen molar-refractivity contribution in [1.82, 2.24) is 4.57 Å². The molecule has 3 aromatic carbocycles. The molecule has 1 aliphatic heterocycles. The summed E-state index contributed by atoms with van der Waals surface area (Å²) in [5.74, 6) is -0.316. The molecule has 4 aromatic rings. The van der Waals surface area contributed by atoms with Crippen molar-refractivity contribution >= 4 is 34.7 Å². The van der Waals surface area contributed by atoms with Gasteiger partial charge in [0, 0.05) is 11.8 Å². The number of methoxy groups -OCH3 is 1. The van der Waals surface area contributed by atoms with Crippen molar-refractivity contribution in [3.05, 3.63) is 125 Å². The number of nitrogens with zero attached hydrogens (tertiary/aromatic N) is 3. The van der Waals surface area contributed by atoms with E-state index in [9.17, 15) is 24.8 Å². The number of ether oxygens (including phenoxy) is 1. The highest BCUT2D eigenvalue weighted by Gasteiger charge is 2.32. The maximum absolute atomic E-state index is 13.8. The van der Waals surface area contributed by atoms with Gasteiger partial charge in [0.2, 0.25) is 0 Å². The Morgan fingerprint density at radius 2 is 1.92 bits per heavy atom. The number of benzene rings is 3. The van der Waals surface area contributed by atoms with E-state index in [2.05, 4.69) is 10.3 Å². The van der Waals surface area contributed by atoms with Gasteiger partial charge in [0.15, 0.2) is 10.6 Å². The number of nitro groups is 1. The zero-order chi connectivity index (χ0) is 27.7. The predicted octanol–water partition coefficient (Wildman–Crippen LogP) is 3.50. The number of anilines is 1. The normalized spacial score (nSPS) is 14.9. The summed E-state index contributed by atoms with van der Waals surface area (Å²) in [4.78, 5) is 42.9. The lowest BCUT2D eigenvalue weighted by molar-refractivity contribution is -0.385. The lowest BCUT2D eigenvalue weighted by atomic mass is 9.95. The monoisotopic (exact) mass is 542 g/mol. The molecule has 0 spiro atoms. The summed E-state index contributed by atoms with van der Waals surface area (Å²) in [7, 11) is 1.53. The maximum atomic E-state index is 13.8. The molecule has 0 fully saturated rings. The number of hydrogen-bond donors (Lipinski definition) is 2. The van der Waals surface area contributed by atoms with Crippen LogP contribution in [-0.4, -0.2) is 27.6 Å². The minimum atomic E-state index is -0.809. The van der Waals surface area contributed by atoms with Crippen LogP contribution in [0.5, 0.6) is 11.5 Å². The summed E-state index contributed by atoms with van der Waals surface area (Å²) < 4.78 is 7.11. The van der Waals surface area contributed by atoms with Gasteiger partial charge in [0.1, 0.15) is 5.75 Å². The molecule has 0 bridgehead atoms. The highest BCUT2D eigenvalue weighted by atomic mass is 32.1. The molecule has 0 radical (unpaired) electrons. The van der Waals surface area contributed by atoms with Crippen molar-refractivity contribution in [2.45, 2.75) is 13.0 Å². The first-order valence-corrected chi connectivity index (χ1v) is 12.6. The van der Waals surface area contributed by atoms with E-state index < -0.39 is 33.9 Å². The van der Waals surface area contributed by atoms with Crippen LogP contribution in [-0.2, 0) is 4.79 Å². The summed E-state index contributed by atoms with van der Waals surface area (Å²) in [5.41, 5.74) is 1.46. The number of para-hydroxylation sites is 1. The Kier molecular flexibility index (Phi) is 6.82. The fraction of sp³-hybridized carbons (Fsp3) is 0.107. The number of thiazole rings is 1. The standard InChI is InChI=1S/C28H22N4O6S/c1-16-24(26(34)30-19-8-4-3-5-9-19)25(18-7-6-10-20(15-18)38-2)31-27(35)23(39-28(31)29-16)14-17-11-12-22(33)21(13-17)32(36)37/h3-15,25,33H,1-2H3,(H,30,34)/b23-14-/t25-/m1/s1. The first kappa shape index (κ1) is 25.6. The van der Waals surface area contributed by atoms with Crippen LogP contribution in [0.1, 0.15) is 24.1 Å². The third-order valence-corrected chi connectivity index (χ3v) is 7.18. The van der Waals surface area contributed by atoms with Crippen LogP contribution < -0.4 is 24.9 Å². The van der Waals surface area contributed by atoms with Gasteiger partial charge in [-0.1, -0.05) is 47.7 Å². The number of aromatic nitrogens is 1. The van der Waals surface area contributed by atoms with Gasteiger partial charge in [0.25, 0.3) is 11.5 Å². The molecular weight excluding hydrogens is 520 g/mol. The van der Waals surface area contributed by atoms with Crippen LogP contribution in [0.25, 0.3) is 6.08 Å². The molecule has 5 rings (SSSR count). The SMILES string of the molecule is COc1cccc([C@@H]2C(C(=O)Nc3ccccc3)=C(C)N=c3s/c(=C\c4ccc(O)c([N+](=O)[O-])c4)c(=O)n32)c1. The van der Waals surface area contributed by atoms with E-state index in [-0.39, 0.29) is 4.53 Å². The van der Waals surface area contributed by atoms with Crippen LogP contribution in [0.3, 0.4) is 0 Å². The molecule has 10 nitrogen and oxygen atoms in total. The molecule has 1 atom stereocenters. The summed E-state index contributed by atoms with van der Waals surface area (Å²) in [6.07, 6.45) is 1.50. The van der Waals surface area contributed by atoms with Gasteiger partial charge in [-0.25, -0.2) is 4.99 Å². The highest BCUT2D eigenvalue weighted by molar-refractivity contribution is 7.07. The minimum absolute atomic E-state index is 0.263. The molecule has 0 saturated heterocycles. The molecule has 2 N–H and O–H groups in total. The largest absolute Gasteiger partial charge is 0.502 e. The van der Waals surface area contributed by atoms with E-state index in [4.69, 9.17) is 4.74 Å². The van der Waals surface area contributed by atoms with Gasteiger partial charge in [-0.15, -0.1) is 0 Å². The predicted molar refractivity (Wildman–Crippen MR) is 147 cm³/mol. The Labute approximate surface area is 225 Å². The summed E-state index contributed by atoms with van der Waals surface area (Å²) in [6.45, 7) is 1.72. The van der Waals surface area contributed by atoms with E-state index in [1.54, 1.807) is 49.4 Å². The fourth-order valence-electron chi connectivity index (χ4n) is 4.39. The van der Waals surface area contributed by atoms with Gasteiger partial charge >= 0.3 is 5.69 Å². The van der Waals surface area contributed by atoms with Gasteiger partial charge in [-0.3, -0.25) is 24.3 Å². The molecule has 0 unspecified atom stereocenters. The quantitative estimate of drug-likeness (QED) is 0.283. The number of amides is 1. The zero-order valence-corrected chi connectivity index (χ0v) is 21.6. The lowest BCUT2D eigenvalue weighted by Gasteiger charge is -2.25. The van der Waals surface area contributed by atoms with Crippen LogP contribution in [0.15, 0.2) is 93.9 Å². The molecule has 2 heterocycles. The summed E-state index contributed by atoms with van der Waals surface area (Å²) >= 11 is 1.10. The molecule has 39 heavy (non-hydrogen) atoms. The first-order valence-electron chi connectivity index (χ1n) is 11.8. The second kappa shape index (κ2) is 10.4. The van der Waals surface area contributed by atoms with Crippen molar-refractivity contribution in [2.24, 2.45) is 4.99 Å². The van der Waals surface area contributed by atoms with Crippen LogP contribution in [0, 0.1) is 10.1 Å². The van der Waals surface area contributed by atoms with E-state index >= 15 is 0 Å². The van der Waals surface area contributed by atoms with Crippen molar-refractivity contribution in [1.29, 1.82) is 0 Å². The van der Waals surface area contributed by atoms with Crippen molar-refractivity contribution in [2.75, 3.05) is 12.4 Å². The van der Waals surface area contributed by atoms with Crippen molar-refractivity contribution < 1.29 is 19.6 Å². The Balaban J connectivity index is 1.69. The van der Waals surface area contributed by atoms with E-state index in [0.29, 0.717) is 38.6 Å². The fourth-order valence-corrected chi connectivity index (χ4v) is 5.43. The molecule has 1 aliphatic rings. The number of phenolic OH excluding ortho intramolecular Hbond substituents is 1. The van der Waals surface area contributed by atoms with Gasteiger partial charge in [-0.05, 0) is 54.5 Å². The number of fused-ring (bicyclic) bond motifs is 1. The van der Waals surface area contributed by atoms with E-state index in [0.717, 1.165) is 11.3 Å². The number of allylic oxidation sites excluding steroid dienone is 1. The number of nitrogens with one attached hydrogen (secondary N) is 1. The minimum Gasteiger partial charge on any atom is -0.502 e.